The van der Waals surface area contributed by atoms with Crippen LogP contribution in [0.1, 0.15) is 12.0 Å². The maximum atomic E-state index is 13.4. The lowest BCUT2D eigenvalue weighted by Crippen LogP contribution is -2.43. The lowest BCUT2D eigenvalue weighted by atomic mass is 9.89. The summed E-state index contributed by atoms with van der Waals surface area (Å²) in [5, 5.41) is 9.51. The lowest BCUT2D eigenvalue weighted by Gasteiger charge is -2.37. The molecule has 0 bridgehead atoms. The zero-order valence-corrected chi connectivity index (χ0v) is 11.8. The molecule has 18 heavy (non-hydrogen) atoms. The minimum absolute atomic E-state index is 0.377. The SMILES string of the molecule is C[Si](C)(C)OC1(C#N)CCOc2ccc(F)cc21. The van der Waals surface area contributed by atoms with Crippen molar-refractivity contribution in [3.05, 3.63) is 29.6 Å². The Bertz CT molecular complexity index is 507. The number of fused-ring (bicyclic) bond motifs is 1. The van der Waals surface area contributed by atoms with Crippen molar-refractivity contribution in [3.63, 3.8) is 0 Å². The van der Waals surface area contributed by atoms with Gasteiger partial charge < -0.3 is 9.16 Å². The quantitative estimate of drug-likeness (QED) is 0.771. The molecule has 96 valence electrons. The van der Waals surface area contributed by atoms with E-state index >= 15 is 0 Å². The number of halogens is 1. The van der Waals surface area contributed by atoms with Gasteiger partial charge in [0.15, 0.2) is 13.9 Å². The summed E-state index contributed by atoms with van der Waals surface area (Å²) in [7, 11) is -1.92. The van der Waals surface area contributed by atoms with Crippen LogP contribution in [0.4, 0.5) is 4.39 Å². The smallest absolute Gasteiger partial charge is 0.186 e. The van der Waals surface area contributed by atoms with E-state index in [4.69, 9.17) is 9.16 Å². The predicted molar refractivity (Wildman–Crippen MR) is 68.2 cm³/mol. The van der Waals surface area contributed by atoms with Gasteiger partial charge in [0.1, 0.15) is 17.6 Å². The van der Waals surface area contributed by atoms with E-state index in [9.17, 15) is 9.65 Å². The lowest BCUT2D eigenvalue weighted by molar-refractivity contribution is 0.0660. The van der Waals surface area contributed by atoms with Crippen LogP contribution in [0.15, 0.2) is 18.2 Å². The Morgan fingerprint density at radius 2 is 2.17 bits per heavy atom. The molecule has 1 aliphatic rings. The van der Waals surface area contributed by atoms with Gasteiger partial charge in [-0.05, 0) is 37.8 Å². The van der Waals surface area contributed by atoms with E-state index in [0.29, 0.717) is 24.3 Å². The molecule has 0 aliphatic carbocycles. The van der Waals surface area contributed by atoms with E-state index in [1.807, 2.05) is 19.6 Å². The number of ether oxygens (including phenoxy) is 1. The number of rotatable bonds is 2. The van der Waals surface area contributed by atoms with Crippen LogP contribution in [-0.4, -0.2) is 14.9 Å². The third kappa shape index (κ3) is 2.40. The average molecular weight is 265 g/mol. The molecule has 1 aromatic rings. The van der Waals surface area contributed by atoms with Crippen molar-refractivity contribution in [1.82, 2.24) is 0 Å². The highest BCUT2D eigenvalue weighted by atomic mass is 28.4. The fraction of sp³-hybridized carbons (Fsp3) is 0.462. The average Bonchev–Trinajstić information content (AvgIpc) is 2.28. The highest BCUT2D eigenvalue weighted by molar-refractivity contribution is 6.69. The standard InChI is InChI=1S/C13H16FNO2Si/c1-18(2,3)17-13(9-15)6-7-16-12-5-4-10(14)8-11(12)13/h4-5,8H,6-7H2,1-3H3. The molecule has 0 N–H and O–H groups in total. The summed E-state index contributed by atoms with van der Waals surface area (Å²) >= 11 is 0. The maximum absolute atomic E-state index is 13.4. The molecule has 0 saturated carbocycles. The Hall–Kier alpha value is -1.38. The maximum Gasteiger partial charge on any atom is 0.186 e. The Kier molecular flexibility index (Phi) is 3.17. The van der Waals surface area contributed by atoms with Crippen LogP contribution in [0.2, 0.25) is 19.6 Å². The van der Waals surface area contributed by atoms with Gasteiger partial charge in [-0.3, -0.25) is 0 Å². The number of nitrogens with zero attached hydrogens (tertiary/aromatic N) is 1. The van der Waals surface area contributed by atoms with E-state index in [1.54, 1.807) is 6.07 Å². The second-order valence-electron chi connectivity index (χ2n) is 5.39. The topological polar surface area (TPSA) is 42.2 Å². The Labute approximate surface area is 107 Å². The first kappa shape index (κ1) is 13.1. The Balaban J connectivity index is 2.52. The van der Waals surface area contributed by atoms with Crippen molar-refractivity contribution in [2.45, 2.75) is 31.7 Å². The van der Waals surface area contributed by atoms with Crippen LogP contribution in [0.5, 0.6) is 5.75 Å². The number of hydrogen-bond donors (Lipinski definition) is 0. The summed E-state index contributed by atoms with van der Waals surface area (Å²) in [4.78, 5) is 0. The van der Waals surface area contributed by atoms with Crippen molar-refractivity contribution in [2.24, 2.45) is 0 Å². The van der Waals surface area contributed by atoms with E-state index in [2.05, 4.69) is 6.07 Å². The fourth-order valence-electron chi connectivity index (χ4n) is 2.15. The van der Waals surface area contributed by atoms with Crippen LogP contribution in [-0.2, 0) is 10.0 Å². The summed E-state index contributed by atoms with van der Waals surface area (Å²) in [6.07, 6.45) is 0.435. The highest BCUT2D eigenvalue weighted by Gasteiger charge is 2.42. The molecule has 3 nitrogen and oxygen atoms in total. The van der Waals surface area contributed by atoms with Gasteiger partial charge in [-0.1, -0.05) is 0 Å². The van der Waals surface area contributed by atoms with Gasteiger partial charge in [0.2, 0.25) is 0 Å². The van der Waals surface area contributed by atoms with E-state index < -0.39 is 13.9 Å². The second kappa shape index (κ2) is 4.37. The molecule has 1 unspecified atom stereocenters. The third-order valence-corrected chi connectivity index (χ3v) is 3.71. The van der Waals surface area contributed by atoms with Gasteiger partial charge in [-0.25, -0.2) is 4.39 Å². The third-order valence-electron chi connectivity index (χ3n) is 2.75. The molecule has 0 spiro atoms. The van der Waals surface area contributed by atoms with Crippen molar-refractivity contribution in [1.29, 1.82) is 5.26 Å². The molecule has 0 radical (unpaired) electrons. The Morgan fingerprint density at radius 3 is 2.78 bits per heavy atom. The molecule has 0 amide bonds. The normalized spacial score (nSPS) is 22.8. The molecular formula is C13H16FNO2Si. The summed E-state index contributed by atoms with van der Waals surface area (Å²) in [5.41, 5.74) is -0.557. The van der Waals surface area contributed by atoms with Gasteiger partial charge in [-0.2, -0.15) is 5.26 Å². The van der Waals surface area contributed by atoms with E-state index in [0.717, 1.165) is 0 Å². The molecule has 2 rings (SSSR count). The van der Waals surface area contributed by atoms with E-state index in [1.165, 1.54) is 12.1 Å². The molecule has 1 aromatic carbocycles. The predicted octanol–water partition coefficient (Wildman–Crippen LogP) is 3.18. The second-order valence-corrected chi connectivity index (χ2v) is 9.82. The van der Waals surface area contributed by atoms with Crippen LogP contribution in [0.25, 0.3) is 0 Å². The molecule has 1 heterocycles. The molecule has 0 aromatic heterocycles. The van der Waals surface area contributed by atoms with Gasteiger partial charge in [-0.15, -0.1) is 0 Å². The zero-order valence-electron chi connectivity index (χ0n) is 10.8. The monoisotopic (exact) mass is 265 g/mol. The summed E-state index contributed by atoms with van der Waals surface area (Å²) in [5.74, 6) is 0.167. The molecule has 1 aliphatic heterocycles. The summed E-state index contributed by atoms with van der Waals surface area (Å²) < 4.78 is 24.9. The van der Waals surface area contributed by atoms with Gasteiger partial charge in [0.25, 0.3) is 0 Å². The van der Waals surface area contributed by atoms with Crippen molar-refractivity contribution >= 4 is 8.32 Å². The Morgan fingerprint density at radius 1 is 1.44 bits per heavy atom. The van der Waals surface area contributed by atoms with Gasteiger partial charge in [0, 0.05) is 12.0 Å². The zero-order chi connectivity index (χ0) is 13.4. The first-order chi connectivity index (χ1) is 8.36. The van der Waals surface area contributed by atoms with Gasteiger partial charge in [0.05, 0.1) is 6.61 Å². The van der Waals surface area contributed by atoms with Gasteiger partial charge >= 0.3 is 0 Å². The fourth-order valence-corrected chi connectivity index (χ4v) is 3.45. The highest BCUT2D eigenvalue weighted by Crippen LogP contribution is 2.41. The van der Waals surface area contributed by atoms with Crippen LogP contribution >= 0.6 is 0 Å². The number of nitriles is 1. The first-order valence-electron chi connectivity index (χ1n) is 5.91. The van der Waals surface area contributed by atoms with Crippen LogP contribution in [0, 0.1) is 17.1 Å². The molecule has 5 heteroatoms. The van der Waals surface area contributed by atoms with Crippen molar-refractivity contribution < 1.29 is 13.6 Å². The summed E-state index contributed by atoms with van der Waals surface area (Å²) in [6.45, 7) is 6.46. The van der Waals surface area contributed by atoms with Crippen LogP contribution < -0.4 is 4.74 Å². The molecular weight excluding hydrogens is 249 g/mol. The number of benzene rings is 1. The minimum atomic E-state index is -1.92. The largest absolute Gasteiger partial charge is 0.493 e. The first-order valence-corrected chi connectivity index (χ1v) is 9.31. The van der Waals surface area contributed by atoms with Crippen molar-refractivity contribution in [3.8, 4) is 11.8 Å². The number of hydrogen-bond acceptors (Lipinski definition) is 3. The molecule has 1 atom stereocenters. The minimum Gasteiger partial charge on any atom is -0.493 e. The summed E-state index contributed by atoms with van der Waals surface area (Å²) in [6, 6.07) is 6.46. The van der Waals surface area contributed by atoms with Crippen molar-refractivity contribution in [2.75, 3.05) is 6.61 Å². The molecule has 0 saturated heterocycles. The van der Waals surface area contributed by atoms with E-state index in [-0.39, 0.29) is 5.82 Å². The molecule has 0 fully saturated rings. The van der Waals surface area contributed by atoms with Crippen LogP contribution in [0.3, 0.4) is 0 Å².